The van der Waals surface area contributed by atoms with Gasteiger partial charge in [0, 0.05) is 43.6 Å². The molecular weight excluding hydrogens is 671 g/mol. The van der Waals surface area contributed by atoms with E-state index in [-0.39, 0.29) is 30.9 Å². The fraction of sp³-hybridized carbons (Fsp3) is 0.667. The number of esters is 1. The molecule has 1 aromatic carbocycles. The molecule has 1 heterocycles. The maximum Gasteiger partial charge on any atom is 0.329 e. The Kier molecular flexibility index (Phi) is 10.2. The summed E-state index contributed by atoms with van der Waals surface area (Å²) >= 11 is 13.1. The molecule has 268 valence electrons. The van der Waals surface area contributed by atoms with Crippen LogP contribution in [-0.2, 0) is 41.6 Å². The van der Waals surface area contributed by atoms with Crippen molar-refractivity contribution in [2.24, 2.45) is 40.2 Å². The van der Waals surface area contributed by atoms with Gasteiger partial charge in [-0.2, -0.15) is 0 Å². The van der Waals surface area contributed by atoms with Crippen LogP contribution in [0.1, 0.15) is 78.4 Å². The van der Waals surface area contributed by atoms with Gasteiger partial charge in [0.1, 0.15) is 22.5 Å². The topological polar surface area (TPSA) is 165 Å². The first-order valence-corrected chi connectivity index (χ1v) is 17.8. The average molecular weight is 720 g/mol. The second kappa shape index (κ2) is 13.5. The third-order valence-corrected chi connectivity index (χ3v) is 11.4. The van der Waals surface area contributed by atoms with E-state index in [0.717, 1.165) is 24.0 Å². The Balaban J connectivity index is 1.29. The summed E-state index contributed by atoms with van der Waals surface area (Å²) in [5.74, 6) is -5.00. The molecule has 0 aromatic heterocycles. The molecule has 0 radical (unpaired) electrons. The Bertz CT molecular complexity index is 1500. The number of alkyl halides is 2. The van der Waals surface area contributed by atoms with E-state index in [1.165, 1.54) is 4.90 Å². The molecule has 2 saturated carbocycles. The summed E-state index contributed by atoms with van der Waals surface area (Å²) < 4.78 is 4.66. The number of fused-ring (bicyclic) bond motifs is 2. The van der Waals surface area contributed by atoms with Crippen molar-refractivity contribution in [3.63, 3.8) is 0 Å². The van der Waals surface area contributed by atoms with E-state index in [9.17, 15) is 28.8 Å². The van der Waals surface area contributed by atoms with Crippen molar-refractivity contribution >= 4 is 58.6 Å². The quantitative estimate of drug-likeness (QED) is 0.168. The van der Waals surface area contributed by atoms with Gasteiger partial charge >= 0.3 is 12.0 Å². The first-order chi connectivity index (χ1) is 22.7. The number of benzene rings is 1. The SMILES string of the molecule is CC(C)(C)[C@@H](NC(=O)N[C@@H](C(=O)N1C[C@H]2[C@@H]([C@H]1C(=O)CC(CC1CC1)C(=O)C(N)=O)C2(Cl)Cl)C(C)(C)C)C(=O)OC1Cc2ccccc2C1. The number of carbonyl (C=O) groups excluding carboxylic acids is 6. The first-order valence-electron chi connectivity index (χ1n) is 17.1. The van der Waals surface area contributed by atoms with Crippen molar-refractivity contribution in [2.75, 3.05) is 6.54 Å². The highest BCUT2D eigenvalue weighted by Crippen LogP contribution is 2.65. The van der Waals surface area contributed by atoms with Gasteiger partial charge in [0.15, 0.2) is 5.78 Å². The first kappa shape index (κ1) is 37.1. The number of likely N-dealkylation sites (tertiary alicyclic amines) is 1. The van der Waals surface area contributed by atoms with Crippen molar-refractivity contribution < 1.29 is 33.5 Å². The van der Waals surface area contributed by atoms with E-state index < -0.39 is 80.5 Å². The summed E-state index contributed by atoms with van der Waals surface area (Å²) in [5, 5.41) is 5.53. The van der Waals surface area contributed by atoms with Gasteiger partial charge in [-0.05, 0) is 34.3 Å². The van der Waals surface area contributed by atoms with Gasteiger partial charge in [-0.15, -0.1) is 23.2 Å². The molecule has 49 heavy (non-hydrogen) atoms. The van der Waals surface area contributed by atoms with Gasteiger partial charge in [0.25, 0.3) is 5.91 Å². The summed E-state index contributed by atoms with van der Waals surface area (Å²) in [6.07, 6.45) is 2.75. The number of nitrogens with one attached hydrogen (secondary N) is 2. The molecule has 0 spiro atoms. The molecule has 4 aliphatic rings. The third kappa shape index (κ3) is 8.08. The molecule has 3 aliphatic carbocycles. The van der Waals surface area contributed by atoms with Crippen molar-refractivity contribution in [3.05, 3.63) is 35.4 Å². The maximum absolute atomic E-state index is 14.3. The predicted octanol–water partition coefficient (Wildman–Crippen LogP) is 3.89. The molecule has 0 bridgehead atoms. The fourth-order valence-corrected chi connectivity index (χ4v) is 8.21. The van der Waals surface area contributed by atoms with E-state index in [1.54, 1.807) is 20.8 Å². The number of primary amides is 1. The summed E-state index contributed by atoms with van der Waals surface area (Å²) in [5.41, 5.74) is 6.01. The smallest absolute Gasteiger partial charge is 0.329 e. The lowest BCUT2D eigenvalue weighted by Crippen LogP contribution is -2.61. The highest BCUT2D eigenvalue weighted by molar-refractivity contribution is 6.51. The second-order valence-electron chi connectivity index (χ2n) is 16.5. The number of halogens is 2. The Morgan fingerprint density at radius 3 is 2.00 bits per heavy atom. The van der Waals surface area contributed by atoms with E-state index >= 15 is 0 Å². The van der Waals surface area contributed by atoms with E-state index in [0.29, 0.717) is 19.3 Å². The zero-order valence-corrected chi connectivity index (χ0v) is 30.5. The number of nitrogens with two attached hydrogens (primary N) is 1. The normalized spacial score (nSPS) is 24.6. The van der Waals surface area contributed by atoms with E-state index in [2.05, 4.69) is 10.6 Å². The van der Waals surface area contributed by atoms with E-state index in [1.807, 2.05) is 45.0 Å². The predicted molar refractivity (Wildman–Crippen MR) is 183 cm³/mol. The molecule has 5 rings (SSSR count). The van der Waals surface area contributed by atoms with Gasteiger partial charge in [-0.25, -0.2) is 9.59 Å². The lowest BCUT2D eigenvalue weighted by Gasteiger charge is -2.38. The lowest BCUT2D eigenvalue weighted by atomic mass is 9.84. The van der Waals surface area contributed by atoms with Crippen LogP contribution in [0.25, 0.3) is 0 Å². The van der Waals surface area contributed by atoms with Crippen LogP contribution in [0, 0.1) is 34.5 Å². The molecule has 6 atom stereocenters. The molecule has 13 heteroatoms. The summed E-state index contributed by atoms with van der Waals surface area (Å²) in [6.45, 7) is 10.9. The number of piperidine rings is 1. The van der Waals surface area contributed by atoms with Crippen molar-refractivity contribution in [1.29, 1.82) is 0 Å². The Morgan fingerprint density at radius 1 is 0.939 bits per heavy atom. The van der Waals surface area contributed by atoms with Gasteiger partial charge < -0.3 is 26.0 Å². The number of ketones is 2. The Hall–Kier alpha value is -3.18. The number of hydrogen-bond acceptors (Lipinski definition) is 7. The zero-order chi connectivity index (χ0) is 36.2. The van der Waals surface area contributed by atoms with Gasteiger partial charge in [-0.3, -0.25) is 19.2 Å². The molecule has 4 amide bonds. The zero-order valence-electron chi connectivity index (χ0n) is 29.0. The van der Waals surface area contributed by atoms with Crippen molar-refractivity contribution in [2.45, 2.75) is 109 Å². The standard InChI is InChI=1S/C36H48Cl2N4O7/c1-34(2,3)28(40-33(48)41-29(35(4,5)6)32(47)49-22-14-19-9-7-8-10-20(19)15-22)31(46)42-17-23-25(36(23,37)38)26(42)24(43)16-21(13-18-11-12-18)27(44)30(39)45/h7-10,18,21-23,25-26,28-29H,11-17H2,1-6H3,(H2,39,45)(H2,40,41,48)/t21?,23-,25-,26+,28-,29-/m0/s1. The monoisotopic (exact) mass is 718 g/mol. The van der Waals surface area contributed by atoms with Gasteiger partial charge in [-0.1, -0.05) is 78.6 Å². The highest BCUT2D eigenvalue weighted by Gasteiger charge is 2.73. The van der Waals surface area contributed by atoms with Gasteiger partial charge in [0.2, 0.25) is 11.7 Å². The highest BCUT2D eigenvalue weighted by atomic mass is 35.5. The lowest BCUT2D eigenvalue weighted by molar-refractivity contribution is -0.153. The summed E-state index contributed by atoms with van der Waals surface area (Å²) in [4.78, 5) is 81.1. The van der Waals surface area contributed by atoms with Crippen LogP contribution in [0.15, 0.2) is 24.3 Å². The number of nitrogens with zero attached hydrogens (tertiary/aromatic N) is 1. The molecule has 1 saturated heterocycles. The Labute approximate surface area is 297 Å². The van der Waals surface area contributed by atoms with Crippen molar-refractivity contribution in [1.82, 2.24) is 15.5 Å². The molecule has 1 aromatic rings. The van der Waals surface area contributed by atoms with Gasteiger partial charge in [0.05, 0.1) is 6.04 Å². The van der Waals surface area contributed by atoms with Crippen LogP contribution < -0.4 is 16.4 Å². The number of ether oxygens (including phenoxy) is 1. The van der Waals surface area contributed by atoms with Crippen molar-refractivity contribution in [3.8, 4) is 0 Å². The molecular formula is C36H48Cl2N4O7. The van der Waals surface area contributed by atoms with E-state index in [4.69, 9.17) is 33.7 Å². The third-order valence-electron chi connectivity index (χ3n) is 10.4. The number of rotatable bonds is 12. The molecule has 3 fully saturated rings. The Morgan fingerprint density at radius 2 is 1.49 bits per heavy atom. The van der Waals surface area contributed by atoms with Crippen LogP contribution in [-0.4, -0.2) is 75.4 Å². The molecule has 1 aliphatic heterocycles. The van der Waals surface area contributed by atoms with Crippen LogP contribution in [0.2, 0.25) is 0 Å². The van der Waals surface area contributed by atoms with Crippen LogP contribution in [0.3, 0.4) is 0 Å². The number of amides is 4. The summed E-state index contributed by atoms with van der Waals surface area (Å²) in [6, 6.07) is 3.98. The van der Waals surface area contributed by atoms with Crippen LogP contribution >= 0.6 is 23.2 Å². The minimum absolute atomic E-state index is 0.0839. The molecule has 4 N–H and O–H groups in total. The molecule has 1 unspecified atom stereocenters. The molecule has 11 nitrogen and oxygen atoms in total. The summed E-state index contributed by atoms with van der Waals surface area (Å²) in [7, 11) is 0. The minimum atomic E-state index is -1.22. The minimum Gasteiger partial charge on any atom is -0.460 e. The average Bonchev–Trinajstić information content (AvgIpc) is 3.75. The number of urea groups is 1. The fourth-order valence-electron chi connectivity index (χ4n) is 7.39. The van der Waals surface area contributed by atoms with Crippen LogP contribution in [0.4, 0.5) is 4.79 Å². The number of hydrogen-bond donors (Lipinski definition) is 3. The van der Waals surface area contributed by atoms with Crippen LogP contribution in [0.5, 0.6) is 0 Å². The second-order valence-corrected chi connectivity index (χ2v) is 17.9. The largest absolute Gasteiger partial charge is 0.460 e. The number of carbonyl (C=O) groups is 6. The maximum atomic E-state index is 14.3. The number of Topliss-reactive ketones (excluding diaryl/α,β-unsaturated/α-hetero) is 2.